The molecule has 1 aliphatic rings. The normalized spacial score (nSPS) is 12.7. The van der Waals surface area contributed by atoms with E-state index >= 15 is 0 Å². The van der Waals surface area contributed by atoms with E-state index < -0.39 is 17.4 Å². The molecule has 0 bridgehead atoms. The number of imide groups is 1. The van der Waals surface area contributed by atoms with Crippen molar-refractivity contribution < 1.29 is 14.4 Å². The molecule has 8 nitrogen and oxygen atoms in total. The van der Waals surface area contributed by atoms with E-state index in [2.05, 4.69) is 10.6 Å². The van der Waals surface area contributed by atoms with Crippen LogP contribution in [-0.4, -0.2) is 22.3 Å². The van der Waals surface area contributed by atoms with Gasteiger partial charge in [-0.2, -0.15) is 0 Å². The first kappa shape index (κ1) is 16.4. The van der Waals surface area contributed by atoms with Crippen molar-refractivity contribution in [2.24, 2.45) is 0 Å². The van der Waals surface area contributed by atoms with Crippen molar-refractivity contribution >= 4 is 29.2 Å². The SMILES string of the molecule is CCC(=O)Nc1ccc(C)cc1-n1c(N)c2c(cc1=O)C(=O)NC2=O. The van der Waals surface area contributed by atoms with Gasteiger partial charge in [0.15, 0.2) is 0 Å². The molecule has 3 rings (SSSR count). The summed E-state index contributed by atoms with van der Waals surface area (Å²) in [5, 5.41) is 4.82. The largest absolute Gasteiger partial charge is 0.384 e. The molecule has 4 N–H and O–H groups in total. The van der Waals surface area contributed by atoms with Crippen molar-refractivity contribution in [3.8, 4) is 5.69 Å². The summed E-state index contributed by atoms with van der Waals surface area (Å²) in [5.74, 6) is -1.69. The summed E-state index contributed by atoms with van der Waals surface area (Å²) in [6.07, 6.45) is 0.263. The van der Waals surface area contributed by atoms with Crippen molar-refractivity contribution in [3.05, 3.63) is 51.3 Å². The fourth-order valence-electron chi connectivity index (χ4n) is 2.70. The minimum Gasteiger partial charge on any atom is -0.384 e. The van der Waals surface area contributed by atoms with E-state index in [1.165, 1.54) is 0 Å². The second-order valence-corrected chi connectivity index (χ2v) is 5.70. The predicted octanol–water partition coefficient (Wildman–Crippen LogP) is 0.960. The maximum atomic E-state index is 12.6. The molecule has 0 aliphatic carbocycles. The Morgan fingerprint density at radius 1 is 1.20 bits per heavy atom. The zero-order valence-corrected chi connectivity index (χ0v) is 13.7. The average molecular weight is 340 g/mol. The van der Waals surface area contributed by atoms with Crippen LogP contribution in [0.15, 0.2) is 29.1 Å². The van der Waals surface area contributed by atoms with Crippen LogP contribution in [0.1, 0.15) is 39.6 Å². The number of aromatic nitrogens is 1. The van der Waals surface area contributed by atoms with Gasteiger partial charge in [-0.1, -0.05) is 13.0 Å². The molecule has 1 aromatic carbocycles. The molecule has 0 saturated heterocycles. The number of rotatable bonds is 3. The number of pyridine rings is 1. The Labute approximate surface area is 142 Å². The van der Waals surface area contributed by atoms with E-state index in [0.717, 1.165) is 16.2 Å². The van der Waals surface area contributed by atoms with Gasteiger partial charge in [-0.15, -0.1) is 0 Å². The van der Waals surface area contributed by atoms with Gasteiger partial charge in [-0.25, -0.2) is 0 Å². The number of anilines is 2. The average Bonchev–Trinajstić information content (AvgIpc) is 2.83. The molecular weight excluding hydrogens is 324 g/mol. The van der Waals surface area contributed by atoms with Gasteiger partial charge in [0.1, 0.15) is 5.82 Å². The summed E-state index contributed by atoms with van der Waals surface area (Å²) in [6, 6.07) is 6.17. The number of aryl methyl sites for hydroxylation is 1. The molecule has 0 fully saturated rings. The van der Waals surface area contributed by atoms with Gasteiger partial charge in [0.05, 0.1) is 22.5 Å². The predicted molar refractivity (Wildman–Crippen MR) is 91.9 cm³/mol. The standard InChI is InChI=1S/C17H16N4O4/c1-3-12(22)19-10-5-4-8(2)6-11(10)21-13(23)7-9-14(15(21)18)17(25)20-16(9)24/h4-7H,3,18H2,1-2H3,(H,19,22)(H,20,24,25). The number of nitrogen functional groups attached to an aromatic ring is 1. The lowest BCUT2D eigenvalue weighted by atomic mass is 10.1. The Bertz CT molecular complexity index is 991. The van der Waals surface area contributed by atoms with Crippen LogP contribution in [0.25, 0.3) is 5.69 Å². The highest BCUT2D eigenvalue weighted by molar-refractivity contribution is 6.23. The number of carbonyl (C=O) groups is 3. The molecule has 25 heavy (non-hydrogen) atoms. The molecule has 0 spiro atoms. The van der Waals surface area contributed by atoms with Crippen LogP contribution in [-0.2, 0) is 4.79 Å². The van der Waals surface area contributed by atoms with Gasteiger partial charge >= 0.3 is 0 Å². The molecule has 128 valence electrons. The Balaban J connectivity index is 2.28. The fraction of sp³-hybridized carbons (Fsp3) is 0.176. The van der Waals surface area contributed by atoms with Crippen LogP contribution in [0.3, 0.4) is 0 Å². The highest BCUT2D eigenvalue weighted by Crippen LogP contribution is 2.27. The van der Waals surface area contributed by atoms with Gasteiger partial charge in [-0.05, 0) is 24.6 Å². The molecule has 8 heteroatoms. The van der Waals surface area contributed by atoms with E-state index in [1.54, 1.807) is 25.1 Å². The van der Waals surface area contributed by atoms with Gasteiger partial charge in [0, 0.05) is 12.5 Å². The second kappa shape index (κ2) is 5.90. The zero-order valence-electron chi connectivity index (χ0n) is 13.7. The van der Waals surface area contributed by atoms with E-state index in [1.807, 2.05) is 6.92 Å². The molecule has 2 aromatic rings. The molecule has 1 aromatic heterocycles. The summed E-state index contributed by atoms with van der Waals surface area (Å²) < 4.78 is 1.12. The highest BCUT2D eigenvalue weighted by Gasteiger charge is 2.32. The van der Waals surface area contributed by atoms with Crippen molar-refractivity contribution in [2.45, 2.75) is 20.3 Å². The van der Waals surface area contributed by atoms with Crippen LogP contribution in [0, 0.1) is 6.92 Å². The number of amides is 3. The monoisotopic (exact) mass is 340 g/mol. The molecule has 0 saturated carbocycles. The van der Waals surface area contributed by atoms with Gasteiger partial charge in [-0.3, -0.25) is 29.1 Å². The summed E-state index contributed by atoms with van der Waals surface area (Å²) in [4.78, 5) is 48.0. The van der Waals surface area contributed by atoms with Crippen molar-refractivity contribution in [3.63, 3.8) is 0 Å². The molecule has 0 atom stereocenters. The van der Waals surface area contributed by atoms with E-state index in [-0.39, 0.29) is 29.3 Å². The lowest BCUT2D eigenvalue weighted by Crippen LogP contribution is -2.25. The van der Waals surface area contributed by atoms with Gasteiger partial charge < -0.3 is 11.1 Å². The molecule has 0 unspecified atom stereocenters. The van der Waals surface area contributed by atoms with Gasteiger partial charge in [0.25, 0.3) is 17.4 Å². The third-order valence-corrected chi connectivity index (χ3v) is 3.94. The van der Waals surface area contributed by atoms with Crippen LogP contribution in [0.5, 0.6) is 0 Å². The quantitative estimate of drug-likeness (QED) is 0.718. The topological polar surface area (TPSA) is 123 Å². The third-order valence-electron chi connectivity index (χ3n) is 3.94. The lowest BCUT2D eigenvalue weighted by molar-refractivity contribution is -0.115. The van der Waals surface area contributed by atoms with Crippen LogP contribution < -0.4 is 21.9 Å². The van der Waals surface area contributed by atoms with Gasteiger partial charge in [0.2, 0.25) is 5.91 Å². The Morgan fingerprint density at radius 2 is 1.92 bits per heavy atom. The first-order valence-electron chi connectivity index (χ1n) is 7.65. The molecule has 2 heterocycles. The maximum absolute atomic E-state index is 12.6. The van der Waals surface area contributed by atoms with Crippen molar-refractivity contribution in [2.75, 3.05) is 11.1 Å². The minimum absolute atomic E-state index is 0.0427. The Kier molecular flexibility index (Phi) is 3.88. The summed E-state index contributed by atoms with van der Waals surface area (Å²) >= 11 is 0. The molecule has 0 radical (unpaired) electrons. The minimum atomic E-state index is -0.655. The van der Waals surface area contributed by atoms with Crippen molar-refractivity contribution in [1.29, 1.82) is 0 Å². The number of hydrogen-bond acceptors (Lipinski definition) is 5. The van der Waals surface area contributed by atoms with E-state index in [9.17, 15) is 19.2 Å². The highest BCUT2D eigenvalue weighted by atomic mass is 16.2. The number of nitrogens with zero attached hydrogens (tertiary/aromatic N) is 1. The lowest BCUT2D eigenvalue weighted by Gasteiger charge is -2.17. The number of nitrogens with two attached hydrogens (primary N) is 1. The second-order valence-electron chi connectivity index (χ2n) is 5.70. The number of hydrogen-bond donors (Lipinski definition) is 3. The van der Waals surface area contributed by atoms with E-state index in [4.69, 9.17) is 5.73 Å². The third kappa shape index (κ3) is 2.67. The number of nitrogens with one attached hydrogen (secondary N) is 2. The van der Waals surface area contributed by atoms with Crippen molar-refractivity contribution in [1.82, 2.24) is 9.88 Å². The summed E-state index contributed by atoms with van der Waals surface area (Å²) in [7, 11) is 0. The maximum Gasteiger partial charge on any atom is 0.262 e. The number of benzene rings is 1. The van der Waals surface area contributed by atoms with Crippen LogP contribution in [0.2, 0.25) is 0 Å². The fourth-order valence-corrected chi connectivity index (χ4v) is 2.70. The number of carbonyl (C=O) groups excluding carboxylic acids is 3. The Morgan fingerprint density at radius 3 is 2.60 bits per heavy atom. The first-order valence-corrected chi connectivity index (χ1v) is 7.65. The van der Waals surface area contributed by atoms with Crippen LogP contribution >= 0.6 is 0 Å². The summed E-state index contributed by atoms with van der Waals surface area (Å²) in [6.45, 7) is 3.52. The zero-order chi connectivity index (χ0) is 18.3. The Hall–Kier alpha value is -3.42. The number of fused-ring (bicyclic) bond motifs is 1. The summed E-state index contributed by atoms with van der Waals surface area (Å²) in [5.41, 5.74) is 6.93. The first-order chi connectivity index (χ1) is 11.8. The van der Waals surface area contributed by atoms with E-state index in [0.29, 0.717) is 11.4 Å². The van der Waals surface area contributed by atoms with Crippen LogP contribution in [0.4, 0.5) is 11.5 Å². The molecule has 3 amide bonds. The molecular formula is C17H16N4O4. The molecule has 1 aliphatic heterocycles. The smallest absolute Gasteiger partial charge is 0.262 e.